The van der Waals surface area contributed by atoms with Gasteiger partial charge in [0.1, 0.15) is 11.6 Å². The maximum atomic E-state index is 13.7. The molecule has 0 aliphatic rings. The largest absolute Gasteiger partial charge is 0.277 e. The molecular formula is C15H10F2N2. The Labute approximate surface area is 108 Å². The second-order valence-electron chi connectivity index (χ2n) is 4.13. The first-order valence-corrected chi connectivity index (χ1v) is 5.81. The Bertz CT molecular complexity index is 685. The van der Waals surface area contributed by atoms with Crippen LogP contribution in [0, 0.1) is 11.6 Å². The third-order valence-electron chi connectivity index (χ3n) is 2.88. The highest BCUT2D eigenvalue weighted by Crippen LogP contribution is 2.27. The van der Waals surface area contributed by atoms with Crippen molar-refractivity contribution in [2.45, 2.75) is 0 Å². The van der Waals surface area contributed by atoms with Gasteiger partial charge in [-0.1, -0.05) is 36.4 Å². The Balaban J connectivity index is 2.07. The lowest BCUT2D eigenvalue weighted by atomic mass is 10.1. The molecule has 1 aromatic heterocycles. The van der Waals surface area contributed by atoms with E-state index in [1.54, 1.807) is 6.07 Å². The van der Waals surface area contributed by atoms with Gasteiger partial charge in [-0.2, -0.15) is 5.10 Å². The van der Waals surface area contributed by atoms with Gasteiger partial charge >= 0.3 is 0 Å². The van der Waals surface area contributed by atoms with Crippen molar-refractivity contribution in [3.05, 3.63) is 66.2 Å². The number of nitrogens with one attached hydrogen (secondary N) is 1. The highest BCUT2D eigenvalue weighted by atomic mass is 19.1. The molecule has 0 bridgehead atoms. The highest BCUT2D eigenvalue weighted by Gasteiger charge is 2.13. The number of aromatic amines is 1. The molecule has 0 amide bonds. The van der Waals surface area contributed by atoms with E-state index in [1.165, 1.54) is 18.2 Å². The Hall–Kier alpha value is -2.49. The van der Waals surface area contributed by atoms with Crippen LogP contribution in [0.4, 0.5) is 8.78 Å². The van der Waals surface area contributed by atoms with Gasteiger partial charge in [0.25, 0.3) is 0 Å². The number of nitrogens with zero attached hydrogens (tertiary/aromatic N) is 1. The number of H-pyrrole nitrogens is 1. The average Bonchev–Trinajstić information content (AvgIpc) is 2.89. The van der Waals surface area contributed by atoms with Gasteiger partial charge in [0.2, 0.25) is 0 Å². The first kappa shape index (κ1) is 11.6. The van der Waals surface area contributed by atoms with Gasteiger partial charge in [0.15, 0.2) is 0 Å². The van der Waals surface area contributed by atoms with Crippen LogP contribution in [0.3, 0.4) is 0 Å². The topological polar surface area (TPSA) is 28.7 Å². The van der Waals surface area contributed by atoms with Crippen molar-refractivity contribution in [3.63, 3.8) is 0 Å². The van der Waals surface area contributed by atoms with E-state index in [1.807, 2.05) is 30.3 Å². The minimum absolute atomic E-state index is 0.0859. The fraction of sp³-hybridized carbons (Fsp3) is 0. The van der Waals surface area contributed by atoms with Crippen molar-refractivity contribution in [2.24, 2.45) is 0 Å². The van der Waals surface area contributed by atoms with Gasteiger partial charge < -0.3 is 0 Å². The minimum atomic E-state index is -0.608. The molecule has 3 rings (SSSR count). The van der Waals surface area contributed by atoms with E-state index in [2.05, 4.69) is 10.2 Å². The van der Waals surface area contributed by atoms with Gasteiger partial charge in [-0.05, 0) is 18.2 Å². The molecule has 0 aliphatic heterocycles. The number of aromatic nitrogens is 2. The Kier molecular flexibility index (Phi) is 2.83. The summed E-state index contributed by atoms with van der Waals surface area (Å²) < 4.78 is 27.3. The number of hydrogen-bond donors (Lipinski definition) is 1. The fourth-order valence-corrected chi connectivity index (χ4v) is 1.96. The number of hydrogen-bond acceptors (Lipinski definition) is 1. The molecule has 0 fully saturated rings. The third-order valence-corrected chi connectivity index (χ3v) is 2.88. The molecule has 0 spiro atoms. The lowest BCUT2D eigenvalue weighted by Gasteiger charge is -2.00. The van der Waals surface area contributed by atoms with Crippen molar-refractivity contribution in [1.82, 2.24) is 10.2 Å². The number of benzene rings is 2. The first-order valence-electron chi connectivity index (χ1n) is 5.81. The predicted octanol–water partition coefficient (Wildman–Crippen LogP) is 4.02. The summed E-state index contributed by atoms with van der Waals surface area (Å²) in [5.41, 5.74) is 1.78. The van der Waals surface area contributed by atoms with Crippen LogP contribution in [0.15, 0.2) is 54.6 Å². The van der Waals surface area contributed by atoms with E-state index >= 15 is 0 Å². The summed E-state index contributed by atoms with van der Waals surface area (Å²) in [5.74, 6) is -1.22. The van der Waals surface area contributed by atoms with E-state index in [0.717, 1.165) is 5.56 Å². The van der Waals surface area contributed by atoms with Crippen LogP contribution in [0.1, 0.15) is 0 Å². The first-order chi connectivity index (χ1) is 9.25. The third kappa shape index (κ3) is 2.12. The predicted molar refractivity (Wildman–Crippen MR) is 69.4 cm³/mol. The Morgan fingerprint density at radius 1 is 0.842 bits per heavy atom. The Morgan fingerprint density at radius 2 is 1.53 bits per heavy atom. The van der Waals surface area contributed by atoms with E-state index in [-0.39, 0.29) is 5.56 Å². The van der Waals surface area contributed by atoms with Crippen molar-refractivity contribution in [1.29, 1.82) is 0 Å². The fourth-order valence-electron chi connectivity index (χ4n) is 1.96. The summed E-state index contributed by atoms with van der Waals surface area (Å²) in [6.07, 6.45) is 0. The molecule has 0 saturated carbocycles. The van der Waals surface area contributed by atoms with Crippen LogP contribution in [-0.2, 0) is 0 Å². The summed E-state index contributed by atoms with van der Waals surface area (Å²) in [6, 6.07) is 14.9. The molecule has 1 N–H and O–H groups in total. The van der Waals surface area contributed by atoms with Gasteiger partial charge in [-0.3, -0.25) is 5.10 Å². The normalized spacial score (nSPS) is 10.6. The van der Waals surface area contributed by atoms with Crippen molar-refractivity contribution < 1.29 is 8.78 Å². The van der Waals surface area contributed by atoms with Crippen molar-refractivity contribution in [2.75, 3.05) is 0 Å². The quantitative estimate of drug-likeness (QED) is 0.737. The van der Waals surface area contributed by atoms with E-state index in [0.29, 0.717) is 11.4 Å². The zero-order chi connectivity index (χ0) is 13.2. The smallest absolute Gasteiger partial charge is 0.135 e. The molecule has 2 aromatic carbocycles. The molecule has 94 valence electrons. The molecule has 0 atom stereocenters. The summed E-state index contributed by atoms with van der Waals surface area (Å²) in [7, 11) is 0. The molecule has 19 heavy (non-hydrogen) atoms. The molecule has 1 heterocycles. The molecule has 0 aliphatic carbocycles. The molecule has 2 nitrogen and oxygen atoms in total. The molecule has 0 radical (unpaired) electrons. The van der Waals surface area contributed by atoms with Crippen molar-refractivity contribution in [3.8, 4) is 22.5 Å². The van der Waals surface area contributed by atoms with Gasteiger partial charge in [-0.25, -0.2) is 8.78 Å². The molecule has 4 heteroatoms. The van der Waals surface area contributed by atoms with Crippen LogP contribution < -0.4 is 0 Å². The second-order valence-corrected chi connectivity index (χ2v) is 4.13. The SMILES string of the molecule is Fc1cccc(F)c1-c1cc(-c2ccccc2)n[nH]1. The minimum Gasteiger partial charge on any atom is -0.277 e. The zero-order valence-corrected chi connectivity index (χ0v) is 9.90. The van der Waals surface area contributed by atoms with E-state index < -0.39 is 11.6 Å². The summed E-state index contributed by atoms with van der Waals surface area (Å²) >= 11 is 0. The highest BCUT2D eigenvalue weighted by molar-refractivity contribution is 5.68. The molecule has 3 aromatic rings. The van der Waals surface area contributed by atoms with Crippen LogP contribution in [-0.4, -0.2) is 10.2 Å². The lowest BCUT2D eigenvalue weighted by Crippen LogP contribution is -1.89. The van der Waals surface area contributed by atoms with Crippen LogP contribution in [0.2, 0.25) is 0 Å². The number of rotatable bonds is 2. The van der Waals surface area contributed by atoms with Crippen LogP contribution in [0.25, 0.3) is 22.5 Å². The standard InChI is InChI=1S/C15H10F2N2/c16-11-7-4-8-12(17)15(11)14-9-13(18-19-14)10-5-2-1-3-6-10/h1-9H,(H,18,19). The maximum Gasteiger partial charge on any atom is 0.135 e. The van der Waals surface area contributed by atoms with E-state index in [4.69, 9.17) is 0 Å². The summed E-state index contributed by atoms with van der Waals surface area (Å²) in [6.45, 7) is 0. The van der Waals surface area contributed by atoms with E-state index in [9.17, 15) is 8.78 Å². The monoisotopic (exact) mass is 256 g/mol. The van der Waals surface area contributed by atoms with Gasteiger partial charge in [-0.15, -0.1) is 0 Å². The lowest BCUT2D eigenvalue weighted by molar-refractivity contribution is 0.588. The molecule has 0 unspecified atom stereocenters. The van der Waals surface area contributed by atoms with Crippen molar-refractivity contribution >= 4 is 0 Å². The van der Waals surface area contributed by atoms with Gasteiger partial charge in [0, 0.05) is 5.56 Å². The second kappa shape index (κ2) is 4.65. The molecule has 0 saturated heterocycles. The number of halogens is 2. The summed E-state index contributed by atoms with van der Waals surface area (Å²) in [5, 5.41) is 6.76. The van der Waals surface area contributed by atoms with Crippen LogP contribution >= 0.6 is 0 Å². The van der Waals surface area contributed by atoms with Crippen LogP contribution in [0.5, 0.6) is 0 Å². The zero-order valence-electron chi connectivity index (χ0n) is 9.90. The van der Waals surface area contributed by atoms with Gasteiger partial charge in [0.05, 0.1) is 17.0 Å². The Morgan fingerprint density at radius 3 is 2.21 bits per heavy atom. The summed E-state index contributed by atoms with van der Waals surface area (Å²) in [4.78, 5) is 0. The maximum absolute atomic E-state index is 13.7. The molecular weight excluding hydrogens is 246 g/mol. The average molecular weight is 256 g/mol.